The third kappa shape index (κ3) is 3.03. The molecular formula is C28H38O6. The van der Waals surface area contributed by atoms with Crippen molar-refractivity contribution in [3.8, 4) is 0 Å². The van der Waals surface area contributed by atoms with E-state index in [-0.39, 0.29) is 10.8 Å². The highest BCUT2D eigenvalue weighted by Crippen LogP contribution is 2.75. The molecule has 4 rings (SSSR count). The summed E-state index contributed by atoms with van der Waals surface area (Å²) in [6, 6.07) is 14.5. The molecule has 0 spiro atoms. The van der Waals surface area contributed by atoms with Crippen molar-refractivity contribution in [3.05, 3.63) is 70.8 Å². The maximum absolute atomic E-state index is 11.7. The van der Waals surface area contributed by atoms with Gasteiger partial charge in [-0.1, -0.05) is 90.1 Å². The third-order valence-electron chi connectivity index (χ3n) is 8.24. The van der Waals surface area contributed by atoms with Crippen LogP contribution in [0, 0.1) is 0 Å². The standard InChI is InChI=1S/C28H38O6/c1-24(2,3)18-11-7-16(8-12-18)21-23(31)27(33)22(26(32,20(30)15-29)28(21,27)34)17-9-13-19(14-10-17)25(4,5)6/h7-14,20-23,29-34H,15H2,1-6H3/t20-,21?,22?,23?,26+,27+,28+/m1/s1. The van der Waals surface area contributed by atoms with Crippen molar-refractivity contribution >= 4 is 0 Å². The summed E-state index contributed by atoms with van der Waals surface area (Å²) in [4.78, 5) is 0. The van der Waals surface area contributed by atoms with E-state index in [1.54, 1.807) is 24.3 Å². The Bertz CT molecular complexity index is 1050. The minimum atomic E-state index is -2.27. The lowest BCUT2D eigenvalue weighted by atomic mass is 9.30. The Balaban J connectivity index is 1.78. The highest BCUT2D eigenvalue weighted by atomic mass is 16.5. The Morgan fingerprint density at radius 3 is 1.56 bits per heavy atom. The summed E-state index contributed by atoms with van der Waals surface area (Å²) < 4.78 is 0. The quantitative estimate of drug-likeness (QED) is 0.407. The summed E-state index contributed by atoms with van der Waals surface area (Å²) in [5.74, 6) is -2.23. The van der Waals surface area contributed by atoms with E-state index in [2.05, 4.69) is 41.5 Å². The van der Waals surface area contributed by atoms with Crippen LogP contribution in [0.25, 0.3) is 0 Å². The van der Waals surface area contributed by atoms with Crippen LogP contribution in [0.1, 0.15) is 75.6 Å². The molecular weight excluding hydrogens is 432 g/mol. The van der Waals surface area contributed by atoms with Crippen LogP contribution >= 0.6 is 0 Å². The van der Waals surface area contributed by atoms with E-state index in [0.717, 1.165) is 11.1 Å². The SMILES string of the molecule is CC(C)(C)c1ccc(C2C(O)[C@@]3(O)C(c4ccc(C(C)(C)C)cc4)[C@@](O)([C@H](O)CO)[C@@]23O)cc1. The fraction of sp³-hybridized carbons (Fsp3) is 0.571. The lowest BCUT2D eigenvalue weighted by Crippen LogP contribution is -2.99. The van der Waals surface area contributed by atoms with Crippen LogP contribution in [-0.2, 0) is 10.8 Å². The average molecular weight is 471 g/mol. The fourth-order valence-electron chi connectivity index (χ4n) is 6.18. The van der Waals surface area contributed by atoms with E-state index in [0.29, 0.717) is 11.1 Å². The molecule has 0 aromatic heterocycles. The molecule has 6 N–H and O–H groups in total. The van der Waals surface area contributed by atoms with E-state index in [4.69, 9.17) is 0 Å². The molecule has 0 aliphatic heterocycles. The summed E-state index contributed by atoms with van der Waals surface area (Å²) in [6.07, 6.45) is -3.11. The van der Waals surface area contributed by atoms with Gasteiger partial charge in [0.15, 0.2) is 0 Å². The summed E-state index contributed by atoms with van der Waals surface area (Å²) in [5.41, 5.74) is -3.72. The fourth-order valence-corrected chi connectivity index (χ4v) is 6.18. The van der Waals surface area contributed by atoms with Crippen molar-refractivity contribution in [1.82, 2.24) is 0 Å². The lowest BCUT2D eigenvalue weighted by Gasteiger charge is -2.80. The molecule has 0 saturated heterocycles. The third-order valence-corrected chi connectivity index (χ3v) is 8.24. The first kappa shape index (κ1) is 25.3. The van der Waals surface area contributed by atoms with Gasteiger partial charge < -0.3 is 30.6 Å². The Hall–Kier alpha value is -1.80. The van der Waals surface area contributed by atoms with Crippen molar-refractivity contribution in [3.63, 3.8) is 0 Å². The summed E-state index contributed by atoms with van der Waals surface area (Å²) in [5, 5.41) is 66.7. The van der Waals surface area contributed by atoms with Crippen LogP contribution in [-0.4, -0.2) is 66.3 Å². The van der Waals surface area contributed by atoms with Gasteiger partial charge in [0.25, 0.3) is 0 Å². The van der Waals surface area contributed by atoms with Gasteiger partial charge >= 0.3 is 0 Å². The molecule has 0 radical (unpaired) electrons. The van der Waals surface area contributed by atoms with Crippen molar-refractivity contribution < 1.29 is 30.6 Å². The second kappa shape index (κ2) is 7.60. The maximum atomic E-state index is 11.7. The number of aliphatic hydroxyl groups is 6. The normalized spacial score (nSPS) is 36.3. The minimum absolute atomic E-state index is 0.0942. The monoisotopic (exact) mass is 470 g/mol. The van der Waals surface area contributed by atoms with Gasteiger partial charge in [-0.05, 0) is 33.1 Å². The van der Waals surface area contributed by atoms with Crippen molar-refractivity contribution in [2.24, 2.45) is 0 Å². The van der Waals surface area contributed by atoms with Crippen LogP contribution < -0.4 is 0 Å². The largest absolute Gasteiger partial charge is 0.394 e. The molecule has 186 valence electrons. The first-order valence-electron chi connectivity index (χ1n) is 11.9. The molecule has 2 fully saturated rings. The first-order valence-corrected chi connectivity index (χ1v) is 11.9. The van der Waals surface area contributed by atoms with Gasteiger partial charge in [0.2, 0.25) is 0 Å². The van der Waals surface area contributed by atoms with Gasteiger partial charge in [0.05, 0.1) is 18.6 Å². The van der Waals surface area contributed by atoms with Gasteiger partial charge in [-0.25, -0.2) is 0 Å². The van der Waals surface area contributed by atoms with E-state index in [1.165, 1.54) is 0 Å². The first-order chi connectivity index (χ1) is 15.6. The van der Waals surface area contributed by atoms with Gasteiger partial charge in [-0.3, -0.25) is 0 Å². The van der Waals surface area contributed by atoms with Crippen molar-refractivity contribution in [2.45, 2.75) is 93.2 Å². The van der Waals surface area contributed by atoms with E-state index < -0.39 is 47.5 Å². The highest BCUT2D eigenvalue weighted by Gasteiger charge is 2.93. The number of aliphatic hydroxyl groups excluding tert-OH is 3. The molecule has 2 aliphatic rings. The van der Waals surface area contributed by atoms with E-state index >= 15 is 0 Å². The highest BCUT2D eigenvalue weighted by molar-refractivity contribution is 5.56. The number of hydrogen-bond acceptors (Lipinski definition) is 6. The molecule has 0 bridgehead atoms. The predicted molar refractivity (Wildman–Crippen MR) is 130 cm³/mol. The van der Waals surface area contributed by atoms with Crippen molar-refractivity contribution in [1.29, 1.82) is 0 Å². The van der Waals surface area contributed by atoms with Gasteiger partial charge in [-0.2, -0.15) is 0 Å². The zero-order valence-electron chi connectivity index (χ0n) is 20.8. The molecule has 0 heterocycles. The number of fused-ring (bicyclic) bond motifs is 1. The molecule has 6 heteroatoms. The topological polar surface area (TPSA) is 121 Å². The smallest absolute Gasteiger partial charge is 0.138 e. The van der Waals surface area contributed by atoms with E-state index in [1.807, 2.05) is 24.3 Å². The Kier molecular flexibility index (Phi) is 5.65. The molecule has 2 aromatic carbocycles. The predicted octanol–water partition coefficient (Wildman–Crippen LogP) is 2.08. The van der Waals surface area contributed by atoms with Crippen molar-refractivity contribution in [2.75, 3.05) is 6.61 Å². The zero-order chi connectivity index (χ0) is 25.5. The molecule has 0 amide bonds. The summed E-state index contributed by atoms with van der Waals surface area (Å²) >= 11 is 0. The van der Waals surface area contributed by atoms with E-state index in [9.17, 15) is 30.6 Å². The zero-order valence-corrected chi connectivity index (χ0v) is 20.8. The molecule has 2 saturated carbocycles. The molecule has 7 atom stereocenters. The maximum Gasteiger partial charge on any atom is 0.138 e. The number of hydrogen-bond donors (Lipinski definition) is 6. The molecule has 34 heavy (non-hydrogen) atoms. The molecule has 2 aliphatic carbocycles. The number of benzene rings is 2. The van der Waals surface area contributed by atoms with Gasteiger partial charge in [0, 0.05) is 5.92 Å². The molecule has 3 unspecified atom stereocenters. The minimum Gasteiger partial charge on any atom is -0.394 e. The Morgan fingerprint density at radius 2 is 1.18 bits per heavy atom. The van der Waals surface area contributed by atoms with Crippen LogP contribution in [0.3, 0.4) is 0 Å². The average Bonchev–Trinajstić information content (AvgIpc) is 2.77. The van der Waals surface area contributed by atoms with Crippen LogP contribution in [0.5, 0.6) is 0 Å². The second-order valence-corrected chi connectivity index (χ2v) is 12.2. The van der Waals surface area contributed by atoms with Crippen LogP contribution in [0.2, 0.25) is 0 Å². The molecule has 6 nitrogen and oxygen atoms in total. The van der Waals surface area contributed by atoms with Crippen LogP contribution in [0.15, 0.2) is 48.5 Å². The van der Waals surface area contributed by atoms with Gasteiger partial charge in [0.1, 0.15) is 22.9 Å². The Morgan fingerprint density at radius 1 is 0.765 bits per heavy atom. The Labute approximate surface area is 201 Å². The van der Waals surface area contributed by atoms with Gasteiger partial charge in [-0.15, -0.1) is 0 Å². The lowest BCUT2D eigenvalue weighted by molar-refractivity contribution is -0.459. The molecule has 2 aromatic rings. The van der Waals surface area contributed by atoms with Crippen LogP contribution in [0.4, 0.5) is 0 Å². The summed E-state index contributed by atoms with van der Waals surface area (Å²) in [6.45, 7) is 11.6. The number of rotatable bonds is 4. The second-order valence-electron chi connectivity index (χ2n) is 12.2. The summed E-state index contributed by atoms with van der Waals surface area (Å²) in [7, 11) is 0.